The van der Waals surface area contributed by atoms with Crippen LogP contribution < -0.4 is 0 Å². The Balaban J connectivity index is 5.11. The lowest BCUT2D eigenvalue weighted by Crippen LogP contribution is -2.42. The number of rotatable bonds is 7. The molecule has 0 aromatic rings. The average Bonchev–Trinajstić information content (AvgIpc) is 2.13. The van der Waals surface area contributed by atoms with Crippen LogP contribution >= 0.6 is 31.5 Å². The highest BCUT2D eigenvalue weighted by Crippen LogP contribution is 2.52. The summed E-state index contributed by atoms with van der Waals surface area (Å²) < 4.78 is 10.8. The lowest BCUT2D eigenvalue weighted by molar-refractivity contribution is 0.234. The molecule has 17 heavy (non-hydrogen) atoms. The van der Waals surface area contributed by atoms with E-state index in [9.17, 15) is 0 Å². The summed E-state index contributed by atoms with van der Waals surface area (Å²) in [7, 11) is -0.690. The van der Waals surface area contributed by atoms with Gasteiger partial charge in [-0.05, 0) is 55.4 Å². The first-order valence-corrected chi connectivity index (χ1v) is 8.43. The van der Waals surface area contributed by atoms with Gasteiger partial charge >= 0.3 is 0 Å². The minimum Gasteiger partial charge on any atom is -0.261 e. The van der Waals surface area contributed by atoms with Crippen LogP contribution in [0.5, 0.6) is 0 Å². The van der Waals surface area contributed by atoms with E-state index in [1.54, 1.807) is 0 Å². The smallest absolute Gasteiger partial charge is 0.199 e. The molecule has 0 atom stereocenters. The van der Waals surface area contributed by atoms with Crippen LogP contribution in [0.1, 0.15) is 55.4 Å². The lowest BCUT2D eigenvalue weighted by Gasteiger charge is -2.44. The van der Waals surface area contributed by atoms with Gasteiger partial charge in [0.1, 0.15) is 23.0 Å². The van der Waals surface area contributed by atoms with Crippen molar-refractivity contribution in [3.05, 3.63) is 0 Å². The largest absolute Gasteiger partial charge is 0.261 e. The van der Waals surface area contributed by atoms with E-state index in [0.29, 0.717) is 24.2 Å². The quantitative estimate of drug-likeness (QED) is 0.470. The van der Waals surface area contributed by atoms with E-state index in [4.69, 9.17) is 2.85 Å². The van der Waals surface area contributed by atoms with Crippen LogP contribution in [0.2, 0.25) is 0 Å². The maximum atomic E-state index is 5.81. The number of halogens is 1. The maximum absolute atomic E-state index is 5.81. The molecule has 0 saturated carbocycles. The molecule has 0 aliphatic carbocycles. The second kappa shape index (κ2) is 8.26. The van der Waals surface area contributed by atoms with Gasteiger partial charge in [-0.3, -0.25) is 2.85 Å². The Bertz CT molecular complexity index is 177. The zero-order chi connectivity index (χ0) is 13.7. The van der Waals surface area contributed by atoms with E-state index >= 15 is 0 Å². The van der Waals surface area contributed by atoms with Gasteiger partial charge in [0.05, 0.1) is 0 Å². The van der Waals surface area contributed by atoms with Crippen molar-refractivity contribution in [2.24, 2.45) is 0 Å². The van der Waals surface area contributed by atoms with Gasteiger partial charge in [0.15, 0.2) is 8.45 Å². The molecule has 0 unspecified atom stereocenters. The minimum atomic E-state index is -0.690. The highest BCUT2D eigenvalue weighted by Gasteiger charge is 2.33. The molecule has 0 heterocycles. The van der Waals surface area contributed by atoms with Crippen molar-refractivity contribution in [3.8, 4) is 0 Å². The number of hydrogen-bond donors (Lipinski definition) is 0. The predicted octanol–water partition coefficient (Wildman–Crippen LogP) is 4.82. The van der Waals surface area contributed by atoms with Gasteiger partial charge in [-0.2, -0.15) is 0 Å². The fraction of sp³-hybridized carbons (Fsp3) is 1.00. The van der Waals surface area contributed by atoms with Crippen molar-refractivity contribution < 1.29 is 2.85 Å². The first-order chi connectivity index (χ1) is 7.73. The topological polar surface area (TPSA) is 15.7 Å². The van der Waals surface area contributed by atoms with Crippen LogP contribution in [0.4, 0.5) is 0 Å². The molecular formula is C12H28IN2OP. The van der Waals surface area contributed by atoms with E-state index in [-0.39, 0.29) is 0 Å². The Kier molecular flexibility index (Phi) is 8.76. The van der Waals surface area contributed by atoms with E-state index in [2.05, 4.69) is 87.7 Å². The Labute approximate surface area is 123 Å². The van der Waals surface area contributed by atoms with Gasteiger partial charge in [-0.1, -0.05) is 0 Å². The average molecular weight is 374 g/mol. The standard InChI is InChI=1S/C12H28IN2OP/c1-9(2)14(10(3)4)17(16-13)15(11(5)6)12(7)8/h9-12H,1-8H3. The minimum absolute atomic E-state index is 0.496. The fourth-order valence-electron chi connectivity index (χ4n) is 2.17. The van der Waals surface area contributed by atoms with Crippen molar-refractivity contribution in [1.29, 1.82) is 0 Å². The molecule has 5 heteroatoms. The second-order valence-electron chi connectivity index (χ2n) is 5.46. The molecule has 0 aromatic heterocycles. The molecule has 0 amide bonds. The molecule has 104 valence electrons. The molecule has 0 spiro atoms. The Morgan fingerprint density at radius 3 is 1.06 bits per heavy atom. The zero-order valence-electron chi connectivity index (χ0n) is 12.4. The van der Waals surface area contributed by atoms with Crippen molar-refractivity contribution in [2.75, 3.05) is 0 Å². The molecule has 0 rings (SSSR count). The van der Waals surface area contributed by atoms with E-state index in [0.717, 1.165) is 0 Å². The van der Waals surface area contributed by atoms with Gasteiger partial charge in [0.25, 0.3) is 0 Å². The lowest BCUT2D eigenvalue weighted by atomic mass is 10.3. The molecule has 0 radical (unpaired) electrons. The summed E-state index contributed by atoms with van der Waals surface area (Å²) in [5.74, 6) is 0. The number of hydrogen-bond acceptors (Lipinski definition) is 3. The Morgan fingerprint density at radius 1 is 0.706 bits per heavy atom. The van der Waals surface area contributed by atoms with Gasteiger partial charge in [0.2, 0.25) is 0 Å². The highest BCUT2D eigenvalue weighted by molar-refractivity contribution is 14.1. The molecule has 3 nitrogen and oxygen atoms in total. The monoisotopic (exact) mass is 374 g/mol. The van der Waals surface area contributed by atoms with Crippen LogP contribution in [0.15, 0.2) is 0 Å². The summed E-state index contributed by atoms with van der Waals surface area (Å²) in [6.45, 7) is 17.9. The van der Waals surface area contributed by atoms with Crippen LogP contribution in [-0.2, 0) is 2.85 Å². The molecule has 0 saturated heterocycles. The fourth-order valence-corrected chi connectivity index (χ4v) is 5.36. The van der Waals surface area contributed by atoms with Crippen molar-refractivity contribution in [3.63, 3.8) is 0 Å². The van der Waals surface area contributed by atoms with E-state index in [1.807, 2.05) is 0 Å². The highest BCUT2D eigenvalue weighted by atomic mass is 127. The maximum Gasteiger partial charge on any atom is 0.199 e. The molecule has 0 fully saturated rings. The third-order valence-electron chi connectivity index (χ3n) is 2.57. The summed E-state index contributed by atoms with van der Waals surface area (Å²) in [5, 5.41) is 0. The summed E-state index contributed by atoms with van der Waals surface area (Å²) in [5.41, 5.74) is 0. The molecule has 0 N–H and O–H groups in total. The summed E-state index contributed by atoms with van der Waals surface area (Å²) >= 11 is 2.06. The molecular weight excluding hydrogens is 346 g/mol. The molecule has 0 aliphatic rings. The molecule has 0 aromatic carbocycles. The second-order valence-corrected chi connectivity index (χ2v) is 8.21. The van der Waals surface area contributed by atoms with Crippen molar-refractivity contribution in [2.45, 2.75) is 79.6 Å². The Morgan fingerprint density at radius 2 is 0.941 bits per heavy atom. The van der Waals surface area contributed by atoms with Crippen molar-refractivity contribution >= 4 is 31.5 Å². The van der Waals surface area contributed by atoms with Crippen LogP contribution in [0, 0.1) is 0 Å². The van der Waals surface area contributed by atoms with E-state index in [1.165, 1.54) is 0 Å². The Hall–Kier alpha value is 1.04. The molecule has 0 bridgehead atoms. The SMILES string of the molecule is CC(C)N(C(C)C)P(OI)N(C(C)C)C(C)C. The summed E-state index contributed by atoms with van der Waals surface area (Å²) in [6, 6.07) is 1.98. The molecule has 0 aliphatic heterocycles. The van der Waals surface area contributed by atoms with Gasteiger partial charge in [-0.15, -0.1) is 0 Å². The summed E-state index contributed by atoms with van der Waals surface area (Å²) in [6.07, 6.45) is 0. The van der Waals surface area contributed by atoms with Gasteiger partial charge in [-0.25, -0.2) is 9.34 Å². The first-order valence-electron chi connectivity index (χ1n) is 6.39. The van der Waals surface area contributed by atoms with Gasteiger partial charge < -0.3 is 0 Å². The zero-order valence-corrected chi connectivity index (χ0v) is 15.5. The van der Waals surface area contributed by atoms with Crippen LogP contribution in [0.25, 0.3) is 0 Å². The normalized spacial score (nSPS) is 13.4. The summed E-state index contributed by atoms with van der Waals surface area (Å²) in [4.78, 5) is 0. The number of nitrogens with zero attached hydrogens (tertiary/aromatic N) is 2. The first kappa shape index (κ1) is 18.0. The predicted molar refractivity (Wildman–Crippen MR) is 86.2 cm³/mol. The van der Waals surface area contributed by atoms with Crippen LogP contribution in [-0.4, -0.2) is 33.5 Å². The third-order valence-corrected chi connectivity index (χ3v) is 6.39. The van der Waals surface area contributed by atoms with Crippen molar-refractivity contribution in [1.82, 2.24) is 9.34 Å². The van der Waals surface area contributed by atoms with Gasteiger partial charge in [0, 0.05) is 24.2 Å². The van der Waals surface area contributed by atoms with Crippen LogP contribution in [0.3, 0.4) is 0 Å². The third kappa shape index (κ3) is 5.27. The van der Waals surface area contributed by atoms with E-state index < -0.39 is 8.45 Å².